The molecule has 0 aliphatic heterocycles. The van der Waals surface area contributed by atoms with Crippen molar-refractivity contribution in [3.8, 4) is 0 Å². The molecule has 2 N–H and O–H groups in total. The van der Waals surface area contributed by atoms with Crippen LogP contribution in [0.4, 0.5) is 0 Å². The summed E-state index contributed by atoms with van der Waals surface area (Å²) >= 11 is 0. The van der Waals surface area contributed by atoms with Gasteiger partial charge in [-0.25, -0.2) is 9.78 Å². The van der Waals surface area contributed by atoms with E-state index < -0.39 is 5.97 Å². The lowest BCUT2D eigenvalue weighted by Crippen LogP contribution is -1.97. The van der Waals surface area contributed by atoms with Crippen molar-refractivity contribution in [1.29, 1.82) is 0 Å². The maximum Gasteiger partial charge on any atom is 0.373 e. The minimum absolute atomic E-state index is 0.134. The van der Waals surface area contributed by atoms with Gasteiger partial charge in [-0.15, -0.1) is 0 Å². The van der Waals surface area contributed by atoms with Crippen LogP contribution in [-0.2, 0) is 0 Å². The summed E-state index contributed by atoms with van der Waals surface area (Å²) in [6.07, 6.45) is 1.14. The summed E-state index contributed by atoms with van der Waals surface area (Å²) in [4.78, 5) is 13.3. The van der Waals surface area contributed by atoms with E-state index in [-0.39, 0.29) is 5.82 Å². The van der Waals surface area contributed by atoms with E-state index in [1.165, 1.54) is 0 Å². The van der Waals surface area contributed by atoms with Crippen LogP contribution in [0.25, 0.3) is 0 Å². The van der Waals surface area contributed by atoms with Gasteiger partial charge in [-0.3, -0.25) is 5.10 Å². The molecule has 1 heterocycles. The number of nitrogens with one attached hydrogen (secondary N) is 1. The number of hydrogen-bond donors (Lipinski definition) is 2. The van der Waals surface area contributed by atoms with E-state index >= 15 is 0 Å². The molecule has 0 fully saturated rings. The molecule has 8 heavy (non-hydrogen) atoms. The van der Waals surface area contributed by atoms with Gasteiger partial charge in [-0.05, 0) is 0 Å². The highest BCUT2D eigenvalue weighted by molar-refractivity contribution is 5.82. The maximum absolute atomic E-state index is 9.93. The van der Waals surface area contributed by atoms with Gasteiger partial charge in [0.25, 0.3) is 0 Å². The first-order chi connectivity index (χ1) is 3.80. The lowest BCUT2D eigenvalue weighted by Gasteiger charge is -1.77. The molecule has 0 amide bonds. The summed E-state index contributed by atoms with van der Waals surface area (Å²) in [7, 11) is 0. The molecule has 0 saturated carbocycles. The summed E-state index contributed by atoms with van der Waals surface area (Å²) in [6, 6.07) is 0. The fourth-order valence-corrected chi connectivity index (χ4v) is 0.309. The van der Waals surface area contributed by atoms with Crippen LogP contribution in [-0.4, -0.2) is 26.3 Å². The Morgan fingerprint density at radius 3 is 2.88 bits per heavy atom. The van der Waals surface area contributed by atoms with Crippen molar-refractivity contribution in [2.75, 3.05) is 0 Å². The third-order valence-electron chi connectivity index (χ3n) is 0.618. The molecule has 0 aliphatic rings. The quantitative estimate of drug-likeness (QED) is 0.514. The predicted molar refractivity (Wildman–Crippen MR) is 23.3 cm³/mol. The minimum Gasteiger partial charge on any atom is -0.475 e. The molecule has 0 saturated heterocycles. The molecule has 42 valence electrons. The molecule has 0 radical (unpaired) electrons. The molecule has 0 spiro atoms. The van der Waals surface area contributed by atoms with Gasteiger partial charge in [0.1, 0.15) is 6.33 Å². The standard InChI is InChI=1S/C3H3N3O2/c7-3(8)2-4-1-5-6-2/h1H,(H,7,8)(H,4,5,6). The molecule has 1 rings (SSSR count). The number of carbonyl (C=O) groups is 1. The largest absolute Gasteiger partial charge is 0.475 e. The van der Waals surface area contributed by atoms with Gasteiger partial charge in [0, 0.05) is 0 Å². The summed E-state index contributed by atoms with van der Waals surface area (Å²) in [5.74, 6) is -1.23. The molecular formula is C3H3N3O2. The van der Waals surface area contributed by atoms with Crippen LogP contribution < -0.4 is 0 Å². The van der Waals surface area contributed by atoms with Crippen molar-refractivity contribution >= 4 is 5.97 Å². The fraction of sp³-hybridized carbons (Fsp3) is 0. The molecule has 0 unspecified atom stereocenters. The van der Waals surface area contributed by atoms with Crippen LogP contribution in [0.2, 0.25) is 0 Å². The lowest BCUT2D eigenvalue weighted by atomic mass is 10.7. The van der Waals surface area contributed by atoms with Gasteiger partial charge >= 0.3 is 5.97 Å². The summed E-state index contributed by atoms with van der Waals surface area (Å²) in [6.45, 7) is 0. The van der Waals surface area contributed by atoms with E-state index in [4.69, 9.17) is 5.11 Å². The summed E-state index contributed by atoms with van der Waals surface area (Å²) < 4.78 is 0. The molecule has 0 atom stereocenters. The van der Waals surface area contributed by atoms with Gasteiger partial charge in [-0.2, -0.15) is 5.10 Å². The predicted octanol–water partition coefficient (Wildman–Crippen LogP) is -0.497. The number of aromatic nitrogens is 3. The van der Waals surface area contributed by atoms with Crippen LogP contribution in [0, 0.1) is 0 Å². The number of carboxylic acids is 1. The molecule has 1 aromatic heterocycles. The fourth-order valence-electron chi connectivity index (χ4n) is 0.309. The van der Waals surface area contributed by atoms with Crippen LogP contribution in [0.15, 0.2) is 6.33 Å². The van der Waals surface area contributed by atoms with Crippen molar-refractivity contribution < 1.29 is 9.90 Å². The van der Waals surface area contributed by atoms with Gasteiger partial charge in [-0.1, -0.05) is 0 Å². The van der Waals surface area contributed by atoms with E-state index in [0.29, 0.717) is 0 Å². The first-order valence-electron chi connectivity index (χ1n) is 1.89. The number of H-pyrrole nitrogens is 1. The van der Waals surface area contributed by atoms with E-state index in [0.717, 1.165) is 6.33 Å². The topological polar surface area (TPSA) is 78.9 Å². The van der Waals surface area contributed by atoms with E-state index in [1.807, 2.05) is 0 Å². The summed E-state index contributed by atoms with van der Waals surface area (Å²) in [5, 5.41) is 13.6. The third kappa shape index (κ3) is 0.651. The van der Waals surface area contributed by atoms with Gasteiger partial charge in [0.2, 0.25) is 5.82 Å². The second-order valence-corrected chi connectivity index (χ2v) is 1.14. The number of carboxylic acid groups (broad SMARTS) is 1. The molecule has 0 bridgehead atoms. The first-order valence-corrected chi connectivity index (χ1v) is 1.89. The zero-order valence-electron chi connectivity index (χ0n) is 3.83. The van der Waals surface area contributed by atoms with E-state index in [9.17, 15) is 4.79 Å². The number of aromatic carboxylic acids is 1. The Morgan fingerprint density at radius 2 is 2.62 bits per heavy atom. The first kappa shape index (κ1) is 4.76. The molecule has 0 aliphatic carbocycles. The summed E-state index contributed by atoms with van der Waals surface area (Å²) in [5.41, 5.74) is 0. The second kappa shape index (κ2) is 1.61. The van der Waals surface area contributed by atoms with E-state index in [2.05, 4.69) is 15.2 Å². The molecule has 5 heteroatoms. The molecule has 0 aromatic carbocycles. The number of hydrogen-bond acceptors (Lipinski definition) is 3. The van der Waals surface area contributed by atoms with Crippen molar-refractivity contribution in [3.05, 3.63) is 12.2 Å². The van der Waals surface area contributed by atoms with Crippen LogP contribution >= 0.6 is 0 Å². The van der Waals surface area contributed by atoms with Crippen molar-refractivity contribution in [1.82, 2.24) is 15.2 Å². The monoisotopic (exact) mass is 113 g/mol. The Hall–Kier alpha value is -1.39. The maximum atomic E-state index is 9.93. The lowest BCUT2D eigenvalue weighted by molar-refractivity contribution is 0.0684. The van der Waals surface area contributed by atoms with Gasteiger partial charge < -0.3 is 5.11 Å². The molecule has 1 aromatic rings. The zero-order valence-corrected chi connectivity index (χ0v) is 3.83. The molecule has 5 nitrogen and oxygen atoms in total. The van der Waals surface area contributed by atoms with Crippen molar-refractivity contribution in [2.24, 2.45) is 0 Å². The molecular weight excluding hydrogens is 110 g/mol. The second-order valence-electron chi connectivity index (χ2n) is 1.14. The SMILES string of the molecule is O=C(O)c1ncn[nH]1. The van der Waals surface area contributed by atoms with Crippen molar-refractivity contribution in [2.45, 2.75) is 0 Å². The Bertz CT molecular complexity index is 180. The van der Waals surface area contributed by atoms with Crippen molar-refractivity contribution in [3.63, 3.8) is 0 Å². The van der Waals surface area contributed by atoms with Crippen LogP contribution in [0.1, 0.15) is 10.6 Å². The zero-order chi connectivity index (χ0) is 5.98. The van der Waals surface area contributed by atoms with E-state index in [1.54, 1.807) is 0 Å². The van der Waals surface area contributed by atoms with Gasteiger partial charge in [0.15, 0.2) is 0 Å². The Kier molecular flexibility index (Phi) is 0.957. The third-order valence-corrected chi connectivity index (χ3v) is 0.618. The normalized spacial score (nSPS) is 9.00. The van der Waals surface area contributed by atoms with Crippen LogP contribution in [0.3, 0.4) is 0 Å². The van der Waals surface area contributed by atoms with Crippen LogP contribution in [0.5, 0.6) is 0 Å². The highest BCUT2D eigenvalue weighted by Gasteiger charge is 2.01. The Labute approximate surface area is 44.4 Å². The highest BCUT2D eigenvalue weighted by atomic mass is 16.4. The number of aromatic amines is 1. The Morgan fingerprint density at radius 1 is 1.88 bits per heavy atom. The minimum atomic E-state index is -1.09. The average Bonchev–Trinajstić information content (AvgIpc) is 2.12. The smallest absolute Gasteiger partial charge is 0.373 e. The number of rotatable bonds is 1. The Balaban J connectivity index is 2.93. The number of nitrogens with zero attached hydrogens (tertiary/aromatic N) is 2. The van der Waals surface area contributed by atoms with Gasteiger partial charge in [0.05, 0.1) is 0 Å². The highest BCUT2D eigenvalue weighted by Crippen LogP contribution is 1.80. The average molecular weight is 113 g/mol.